The van der Waals surface area contributed by atoms with Crippen molar-refractivity contribution >= 4 is 15.7 Å². The van der Waals surface area contributed by atoms with Gasteiger partial charge in [-0.1, -0.05) is 0 Å². The smallest absolute Gasteiger partial charge is 0.252 e. The number of aliphatic hydroxyl groups is 2. The van der Waals surface area contributed by atoms with E-state index in [4.69, 9.17) is 4.74 Å². The van der Waals surface area contributed by atoms with Crippen molar-refractivity contribution in [3.63, 3.8) is 0 Å². The van der Waals surface area contributed by atoms with Gasteiger partial charge in [-0.3, -0.25) is 9.78 Å². The molecule has 0 aliphatic heterocycles. The molecule has 3 N–H and O–H groups in total. The van der Waals surface area contributed by atoms with Crippen molar-refractivity contribution in [2.45, 2.75) is 29.9 Å². The van der Waals surface area contributed by atoms with Crippen LogP contribution in [0.15, 0.2) is 53.7 Å². The summed E-state index contributed by atoms with van der Waals surface area (Å²) in [5, 5.41) is 22.9. The van der Waals surface area contributed by atoms with Crippen LogP contribution in [0, 0.1) is 5.41 Å². The zero-order valence-electron chi connectivity index (χ0n) is 16.0. The summed E-state index contributed by atoms with van der Waals surface area (Å²) >= 11 is 0. The molecule has 0 bridgehead atoms. The van der Waals surface area contributed by atoms with E-state index in [2.05, 4.69) is 10.3 Å². The molecule has 1 fully saturated rings. The zero-order valence-corrected chi connectivity index (χ0v) is 16.8. The van der Waals surface area contributed by atoms with Crippen LogP contribution < -0.4 is 10.1 Å². The van der Waals surface area contributed by atoms with E-state index in [-0.39, 0.29) is 36.8 Å². The lowest BCUT2D eigenvalue weighted by atomic mass is 9.86. The number of carbonyl (C=O) groups excluding carboxylic acids is 1. The van der Waals surface area contributed by atoms with Gasteiger partial charge in [-0.05, 0) is 49.2 Å². The second-order valence-electron chi connectivity index (χ2n) is 7.50. The summed E-state index contributed by atoms with van der Waals surface area (Å²) in [6.07, 6.45) is 2.89. The van der Waals surface area contributed by atoms with Crippen LogP contribution in [0.5, 0.6) is 5.75 Å². The van der Waals surface area contributed by atoms with Crippen molar-refractivity contribution in [3.8, 4) is 5.75 Å². The van der Waals surface area contributed by atoms with Crippen molar-refractivity contribution in [2.24, 2.45) is 5.41 Å². The summed E-state index contributed by atoms with van der Waals surface area (Å²) in [5.41, 5.74) is -0.245. The highest BCUT2D eigenvalue weighted by Crippen LogP contribution is 2.38. The van der Waals surface area contributed by atoms with E-state index < -0.39 is 27.5 Å². The molecule has 2 atom stereocenters. The highest BCUT2D eigenvalue weighted by molar-refractivity contribution is 7.90. The number of benzene rings is 1. The number of aromatic nitrogens is 1. The first kappa shape index (κ1) is 21.2. The number of nitrogens with zero attached hydrogens (tertiary/aromatic N) is 1. The van der Waals surface area contributed by atoms with Crippen molar-refractivity contribution in [1.82, 2.24) is 10.3 Å². The average Bonchev–Trinajstić information content (AvgIpc) is 2.99. The minimum absolute atomic E-state index is 0.145. The Bertz CT molecular complexity index is 937. The topological polar surface area (TPSA) is 126 Å². The minimum atomic E-state index is -3.30. The molecular formula is C20H24N2O6S. The maximum Gasteiger partial charge on any atom is 0.252 e. The van der Waals surface area contributed by atoms with Crippen LogP contribution in [0.2, 0.25) is 0 Å². The molecule has 0 saturated heterocycles. The first-order valence-corrected chi connectivity index (χ1v) is 11.0. The van der Waals surface area contributed by atoms with E-state index in [0.29, 0.717) is 11.3 Å². The zero-order chi connectivity index (χ0) is 21.1. The predicted octanol–water partition coefficient (Wildman–Crippen LogP) is 0.796. The van der Waals surface area contributed by atoms with Crippen molar-refractivity contribution in [3.05, 3.63) is 54.4 Å². The highest BCUT2D eigenvalue weighted by Gasteiger charge is 2.45. The monoisotopic (exact) mass is 420 g/mol. The fraction of sp³-hybridized carbons (Fsp3) is 0.400. The molecular weight excluding hydrogens is 396 g/mol. The second kappa shape index (κ2) is 8.48. The van der Waals surface area contributed by atoms with Crippen LogP contribution >= 0.6 is 0 Å². The first-order chi connectivity index (χ1) is 13.7. The summed E-state index contributed by atoms with van der Waals surface area (Å²) in [4.78, 5) is 16.4. The van der Waals surface area contributed by atoms with Gasteiger partial charge in [0.2, 0.25) is 0 Å². The maximum atomic E-state index is 12.3. The van der Waals surface area contributed by atoms with Gasteiger partial charge in [-0.15, -0.1) is 0 Å². The maximum absolute atomic E-state index is 12.3. The molecule has 1 aromatic carbocycles. The predicted molar refractivity (Wildman–Crippen MR) is 105 cm³/mol. The van der Waals surface area contributed by atoms with Gasteiger partial charge in [0.1, 0.15) is 5.75 Å². The first-order valence-electron chi connectivity index (χ1n) is 9.16. The minimum Gasteiger partial charge on any atom is -0.493 e. The van der Waals surface area contributed by atoms with E-state index in [1.807, 2.05) is 0 Å². The molecule has 0 radical (unpaired) electrons. The lowest BCUT2D eigenvalue weighted by Crippen LogP contribution is -2.40. The van der Waals surface area contributed by atoms with E-state index in [1.54, 1.807) is 30.5 Å². The highest BCUT2D eigenvalue weighted by atomic mass is 32.2. The summed E-state index contributed by atoms with van der Waals surface area (Å²) in [7, 11) is -3.30. The van der Waals surface area contributed by atoms with Crippen molar-refractivity contribution in [1.29, 1.82) is 0 Å². The van der Waals surface area contributed by atoms with Crippen LogP contribution in [0.1, 0.15) is 23.2 Å². The summed E-state index contributed by atoms with van der Waals surface area (Å²) in [5.74, 6) is 0.164. The Balaban J connectivity index is 1.68. The van der Waals surface area contributed by atoms with Crippen LogP contribution in [-0.2, 0) is 9.84 Å². The number of aliphatic hydroxyl groups excluding tert-OH is 2. The van der Waals surface area contributed by atoms with Crippen molar-refractivity contribution in [2.75, 3.05) is 19.4 Å². The summed E-state index contributed by atoms with van der Waals surface area (Å²) < 4.78 is 28.9. The third-order valence-corrected chi connectivity index (χ3v) is 6.20. The van der Waals surface area contributed by atoms with Gasteiger partial charge < -0.3 is 20.3 Å². The lowest BCUT2D eigenvalue weighted by Gasteiger charge is -2.29. The Kier molecular flexibility index (Phi) is 6.21. The summed E-state index contributed by atoms with van der Waals surface area (Å²) in [6.45, 7) is 0.350. The molecule has 2 aromatic rings. The molecule has 156 valence electrons. The molecule has 3 rings (SSSR count). The number of rotatable bonds is 7. The summed E-state index contributed by atoms with van der Waals surface area (Å²) in [6, 6.07) is 9.34. The Labute approximate surface area is 169 Å². The fourth-order valence-electron chi connectivity index (χ4n) is 3.44. The fourth-order valence-corrected chi connectivity index (χ4v) is 4.07. The standard InChI is InChI=1S/C20H24N2O6S/c1-29(26,27)16-6-4-15(5-7-16)28-13-20(9-17(23)18(24)10-20)12-22-19(25)14-3-2-8-21-11-14/h2-8,11,17-18,23-24H,9-10,12-13H2,1H3,(H,22,25). The van der Waals surface area contributed by atoms with Crippen LogP contribution in [-0.4, -0.2) is 61.1 Å². The van der Waals surface area contributed by atoms with Gasteiger partial charge in [0, 0.05) is 30.6 Å². The molecule has 1 saturated carbocycles. The van der Waals surface area contributed by atoms with Crippen LogP contribution in [0.4, 0.5) is 0 Å². The molecule has 29 heavy (non-hydrogen) atoms. The van der Waals surface area contributed by atoms with Crippen molar-refractivity contribution < 1.29 is 28.2 Å². The number of hydrogen-bond acceptors (Lipinski definition) is 7. The second-order valence-corrected chi connectivity index (χ2v) is 9.52. The molecule has 0 spiro atoms. The number of sulfone groups is 1. The van der Waals surface area contributed by atoms with E-state index in [9.17, 15) is 23.4 Å². The Morgan fingerprint density at radius 1 is 1.21 bits per heavy atom. The number of amides is 1. The SMILES string of the molecule is CS(=O)(=O)c1ccc(OCC2(CNC(=O)c3cccnc3)CC(O)C(O)C2)cc1. The number of nitrogens with one attached hydrogen (secondary N) is 1. The number of carbonyl (C=O) groups is 1. The molecule has 1 aromatic heterocycles. The number of pyridine rings is 1. The number of ether oxygens (including phenoxy) is 1. The van der Waals surface area contributed by atoms with Crippen LogP contribution in [0.25, 0.3) is 0 Å². The number of hydrogen-bond donors (Lipinski definition) is 3. The molecule has 1 amide bonds. The quantitative estimate of drug-likeness (QED) is 0.605. The molecule has 1 aliphatic rings. The molecule has 1 heterocycles. The third kappa shape index (κ3) is 5.31. The van der Waals surface area contributed by atoms with E-state index in [0.717, 1.165) is 6.26 Å². The average molecular weight is 420 g/mol. The Hall–Kier alpha value is -2.49. The van der Waals surface area contributed by atoms with E-state index >= 15 is 0 Å². The van der Waals surface area contributed by atoms with Gasteiger partial charge in [-0.25, -0.2) is 8.42 Å². The molecule has 2 unspecified atom stereocenters. The van der Waals surface area contributed by atoms with Gasteiger partial charge in [0.15, 0.2) is 9.84 Å². The van der Waals surface area contributed by atoms with E-state index in [1.165, 1.54) is 18.3 Å². The van der Waals surface area contributed by atoms with Crippen LogP contribution in [0.3, 0.4) is 0 Å². The van der Waals surface area contributed by atoms with Gasteiger partial charge in [-0.2, -0.15) is 0 Å². The lowest BCUT2D eigenvalue weighted by molar-refractivity contribution is 0.0438. The molecule has 1 aliphatic carbocycles. The van der Waals surface area contributed by atoms with Gasteiger partial charge in [0.25, 0.3) is 5.91 Å². The largest absolute Gasteiger partial charge is 0.493 e. The normalized spacial score (nSPS) is 24.2. The molecule has 8 nitrogen and oxygen atoms in total. The van der Waals surface area contributed by atoms with Gasteiger partial charge >= 0.3 is 0 Å². The Morgan fingerprint density at radius 2 is 1.86 bits per heavy atom. The molecule has 9 heteroatoms. The van der Waals surface area contributed by atoms with Gasteiger partial charge in [0.05, 0.1) is 29.3 Å². The third-order valence-electron chi connectivity index (χ3n) is 5.07. The Morgan fingerprint density at radius 3 is 2.41 bits per heavy atom.